The monoisotopic (exact) mass is 396 g/mol. The molecule has 0 radical (unpaired) electrons. The molecule has 0 spiro atoms. The number of halogens is 3. The molecule has 0 saturated carbocycles. The topological polar surface area (TPSA) is 53.7 Å². The Balaban J connectivity index is 1.78. The molecule has 1 unspecified atom stereocenters. The molecule has 2 aromatic heterocycles. The van der Waals surface area contributed by atoms with E-state index in [1.54, 1.807) is 0 Å². The number of nitrogens with zero attached hydrogens (tertiary/aromatic N) is 4. The maximum atomic E-state index is 12.9. The van der Waals surface area contributed by atoms with Gasteiger partial charge in [-0.3, -0.25) is 4.90 Å². The van der Waals surface area contributed by atoms with Crippen molar-refractivity contribution in [2.24, 2.45) is 0 Å². The third-order valence-electron chi connectivity index (χ3n) is 4.87. The average molecular weight is 396 g/mol. The highest BCUT2D eigenvalue weighted by molar-refractivity contribution is 7.17. The summed E-state index contributed by atoms with van der Waals surface area (Å²) in [5.74, 6) is 0.661. The summed E-state index contributed by atoms with van der Waals surface area (Å²) in [6, 6.07) is 4.88. The number of aromatic nitrogens is 3. The normalized spacial score (nSPS) is 17.0. The van der Waals surface area contributed by atoms with Crippen LogP contribution in [0.25, 0.3) is 4.96 Å². The van der Waals surface area contributed by atoms with Gasteiger partial charge in [-0.15, -0.1) is 5.10 Å². The van der Waals surface area contributed by atoms with E-state index in [0.717, 1.165) is 43.6 Å². The zero-order valence-corrected chi connectivity index (χ0v) is 15.5. The lowest BCUT2D eigenvalue weighted by Gasteiger charge is -2.27. The van der Waals surface area contributed by atoms with Crippen LogP contribution in [0.15, 0.2) is 24.3 Å². The average Bonchev–Trinajstić information content (AvgIpc) is 3.35. The SMILES string of the molecule is CCc1nc2sc(C(c3ccc(C(F)(F)F)cc3)N3CCCC3)c(O)n2n1. The van der Waals surface area contributed by atoms with Crippen LogP contribution in [0.2, 0.25) is 0 Å². The Labute approximate surface area is 158 Å². The fourth-order valence-corrected chi connectivity index (χ4v) is 4.64. The summed E-state index contributed by atoms with van der Waals surface area (Å²) >= 11 is 1.34. The first kappa shape index (κ1) is 18.2. The minimum absolute atomic E-state index is 0.0130. The van der Waals surface area contributed by atoms with Crippen LogP contribution < -0.4 is 0 Å². The molecule has 1 aromatic carbocycles. The van der Waals surface area contributed by atoms with Crippen LogP contribution in [-0.4, -0.2) is 37.7 Å². The zero-order valence-electron chi connectivity index (χ0n) is 14.7. The number of fused-ring (bicyclic) bond motifs is 1. The van der Waals surface area contributed by atoms with Gasteiger partial charge in [0.1, 0.15) is 0 Å². The lowest BCUT2D eigenvalue weighted by molar-refractivity contribution is -0.137. The zero-order chi connectivity index (χ0) is 19.2. The summed E-state index contributed by atoms with van der Waals surface area (Å²) in [6.07, 6.45) is -1.65. The van der Waals surface area contributed by atoms with Crippen LogP contribution in [0.4, 0.5) is 13.2 Å². The third-order valence-corrected chi connectivity index (χ3v) is 5.94. The fraction of sp³-hybridized carbons (Fsp3) is 0.444. The van der Waals surface area contributed by atoms with Crippen molar-refractivity contribution in [1.29, 1.82) is 0 Å². The number of likely N-dealkylation sites (tertiary alicyclic amines) is 1. The molecule has 1 atom stereocenters. The molecule has 3 heterocycles. The molecule has 27 heavy (non-hydrogen) atoms. The summed E-state index contributed by atoms with van der Waals surface area (Å²) in [4.78, 5) is 7.85. The van der Waals surface area contributed by atoms with Gasteiger partial charge in [-0.1, -0.05) is 30.4 Å². The molecule has 1 aliphatic heterocycles. The largest absolute Gasteiger partial charge is 0.492 e. The molecule has 3 aromatic rings. The highest BCUT2D eigenvalue weighted by Gasteiger charge is 2.33. The van der Waals surface area contributed by atoms with E-state index in [0.29, 0.717) is 22.1 Å². The Kier molecular flexibility index (Phi) is 4.59. The molecule has 5 nitrogen and oxygen atoms in total. The number of aryl methyl sites for hydroxylation is 1. The van der Waals surface area contributed by atoms with Crippen molar-refractivity contribution in [2.45, 2.75) is 38.4 Å². The molecule has 144 valence electrons. The molecule has 0 bridgehead atoms. The molecule has 1 fully saturated rings. The highest BCUT2D eigenvalue weighted by Crippen LogP contribution is 2.41. The minimum atomic E-state index is -4.37. The molecular weight excluding hydrogens is 377 g/mol. The molecule has 1 N–H and O–H groups in total. The molecule has 0 amide bonds. The van der Waals surface area contributed by atoms with Crippen molar-refractivity contribution in [3.05, 3.63) is 46.1 Å². The van der Waals surface area contributed by atoms with Gasteiger partial charge in [-0.2, -0.15) is 17.7 Å². The second-order valence-corrected chi connectivity index (χ2v) is 7.64. The maximum absolute atomic E-state index is 12.9. The van der Waals surface area contributed by atoms with Crippen molar-refractivity contribution >= 4 is 16.3 Å². The smallest absolute Gasteiger partial charge is 0.416 e. The predicted molar refractivity (Wildman–Crippen MR) is 96.0 cm³/mol. The fourth-order valence-electron chi connectivity index (χ4n) is 3.50. The Bertz CT molecular complexity index is 942. The second-order valence-electron chi connectivity index (χ2n) is 6.63. The van der Waals surface area contributed by atoms with Crippen LogP contribution in [0.5, 0.6) is 5.88 Å². The molecule has 4 rings (SSSR count). The van der Waals surface area contributed by atoms with Crippen molar-refractivity contribution in [1.82, 2.24) is 19.5 Å². The van der Waals surface area contributed by atoms with E-state index in [2.05, 4.69) is 15.0 Å². The van der Waals surface area contributed by atoms with E-state index < -0.39 is 11.7 Å². The molecule has 9 heteroatoms. The van der Waals surface area contributed by atoms with Crippen LogP contribution >= 0.6 is 11.3 Å². The quantitative estimate of drug-likeness (QED) is 0.716. The Morgan fingerprint density at radius 1 is 1.19 bits per heavy atom. The number of alkyl halides is 3. The lowest BCUT2D eigenvalue weighted by atomic mass is 10.0. The number of hydrogen-bond donors (Lipinski definition) is 1. The standard InChI is InChI=1S/C18H19F3N4OS/c1-2-13-22-17-25(23-13)16(26)15(27-17)14(24-9-3-4-10-24)11-5-7-12(8-6-11)18(19,20)21/h5-8,14,26H,2-4,9-10H2,1H3. The van der Waals surface area contributed by atoms with Gasteiger partial charge in [0.15, 0.2) is 5.82 Å². The first-order valence-electron chi connectivity index (χ1n) is 8.87. The second kappa shape index (κ2) is 6.79. The van der Waals surface area contributed by atoms with E-state index >= 15 is 0 Å². The van der Waals surface area contributed by atoms with Crippen molar-refractivity contribution in [2.75, 3.05) is 13.1 Å². The first-order chi connectivity index (χ1) is 12.9. The van der Waals surface area contributed by atoms with Gasteiger partial charge in [0, 0.05) is 6.42 Å². The van der Waals surface area contributed by atoms with Crippen molar-refractivity contribution in [3.63, 3.8) is 0 Å². The van der Waals surface area contributed by atoms with Crippen LogP contribution in [0, 0.1) is 0 Å². The number of thiazole rings is 1. The van der Waals surface area contributed by atoms with E-state index in [-0.39, 0.29) is 11.9 Å². The Hall–Kier alpha value is -2.13. The highest BCUT2D eigenvalue weighted by atomic mass is 32.1. The Morgan fingerprint density at radius 3 is 2.41 bits per heavy atom. The summed E-state index contributed by atoms with van der Waals surface area (Å²) in [5.41, 5.74) is 0.0475. The number of aromatic hydroxyl groups is 1. The van der Waals surface area contributed by atoms with Crippen LogP contribution in [0.1, 0.15) is 47.6 Å². The van der Waals surface area contributed by atoms with Gasteiger partial charge in [-0.05, 0) is 43.6 Å². The van der Waals surface area contributed by atoms with E-state index in [1.165, 1.54) is 28.0 Å². The van der Waals surface area contributed by atoms with E-state index in [1.807, 2.05) is 6.92 Å². The molecule has 0 aliphatic carbocycles. The van der Waals surface area contributed by atoms with Crippen molar-refractivity contribution in [3.8, 4) is 5.88 Å². The van der Waals surface area contributed by atoms with Gasteiger partial charge in [0.05, 0.1) is 16.5 Å². The van der Waals surface area contributed by atoms with Crippen LogP contribution in [0.3, 0.4) is 0 Å². The summed E-state index contributed by atoms with van der Waals surface area (Å²) < 4.78 is 40.2. The van der Waals surface area contributed by atoms with E-state index in [4.69, 9.17) is 0 Å². The van der Waals surface area contributed by atoms with Crippen LogP contribution in [-0.2, 0) is 12.6 Å². The summed E-state index contributed by atoms with van der Waals surface area (Å²) in [5, 5.41) is 15.0. The van der Waals surface area contributed by atoms with Gasteiger partial charge >= 0.3 is 6.18 Å². The van der Waals surface area contributed by atoms with Gasteiger partial charge < -0.3 is 5.11 Å². The predicted octanol–water partition coefficient (Wildman–Crippen LogP) is 4.26. The number of benzene rings is 1. The van der Waals surface area contributed by atoms with E-state index in [9.17, 15) is 18.3 Å². The number of hydrogen-bond acceptors (Lipinski definition) is 5. The first-order valence-corrected chi connectivity index (χ1v) is 9.68. The van der Waals surface area contributed by atoms with Gasteiger partial charge in [-0.25, -0.2) is 4.98 Å². The molecule has 1 saturated heterocycles. The minimum Gasteiger partial charge on any atom is -0.492 e. The maximum Gasteiger partial charge on any atom is 0.416 e. The summed E-state index contributed by atoms with van der Waals surface area (Å²) in [6.45, 7) is 3.60. The van der Waals surface area contributed by atoms with Gasteiger partial charge in [0.25, 0.3) is 0 Å². The van der Waals surface area contributed by atoms with Crippen molar-refractivity contribution < 1.29 is 18.3 Å². The Morgan fingerprint density at radius 2 is 1.85 bits per heavy atom. The lowest BCUT2D eigenvalue weighted by Crippen LogP contribution is -2.26. The summed E-state index contributed by atoms with van der Waals surface area (Å²) in [7, 11) is 0. The number of rotatable bonds is 4. The van der Waals surface area contributed by atoms with Gasteiger partial charge in [0.2, 0.25) is 10.8 Å². The molecular formula is C18H19F3N4OS. The third kappa shape index (κ3) is 3.29. The molecule has 1 aliphatic rings.